The third-order valence-electron chi connectivity index (χ3n) is 17.4. The van der Waals surface area contributed by atoms with Crippen LogP contribution >= 0.6 is 0 Å². The maximum atomic E-state index is 14.6. The van der Waals surface area contributed by atoms with E-state index in [2.05, 4.69) is 5.32 Å². The van der Waals surface area contributed by atoms with Crippen LogP contribution < -0.4 is 11.1 Å². The van der Waals surface area contributed by atoms with Crippen LogP contribution in [0.15, 0.2) is 47.6 Å². The van der Waals surface area contributed by atoms with Crippen LogP contribution in [0.1, 0.15) is 132 Å². The van der Waals surface area contributed by atoms with E-state index in [-0.39, 0.29) is 49.7 Å². The van der Waals surface area contributed by atoms with E-state index in [4.69, 9.17) is 67.3 Å². The number of carbonyl (C=O) groups excluding carboxylic acids is 5. The number of Topliss-reactive ketones (excluding diaryl/α,β-unsaturated/α-hetero) is 2. The molecule has 516 valence electrons. The molecule has 3 aliphatic heterocycles. The number of piperidine rings is 1. The second-order valence-corrected chi connectivity index (χ2v) is 24.5. The van der Waals surface area contributed by atoms with E-state index in [9.17, 15) is 34.2 Å². The number of aliphatic hydroxyl groups is 2. The molecule has 0 radical (unpaired) electrons. The Kier molecular flexibility index (Phi) is 38.1. The smallest absolute Gasteiger partial charge is 0.407 e. The van der Waals surface area contributed by atoms with Crippen LogP contribution in [0.2, 0.25) is 0 Å². The van der Waals surface area contributed by atoms with Gasteiger partial charge in [-0.05, 0) is 127 Å². The van der Waals surface area contributed by atoms with Crippen LogP contribution in [0.25, 0.3) is 0 Å². The molecule has 2 saturated heterocycles. The minimum atomic E-state index is -2.44. The molecule has 23 heteroatoms. The van der Waals surface area contributed by atoms with Crippen LogP contribution in [0.4, 0.5) is 4.79 Å². The highest BCUT2D eigenvalue weighted by molar-refractivity contribution is 6.39. The lowest BCUT2D eigenvalue weighted by molar-refractivity contribution is -0.265. The summed E-state index contributed by atoms with van der Waals surface area (Å²) in [7, 11) is 4.57. The summed E-state index contributed by atoms with van der Waals surface area (Å²) in [5.41, 5.74) is 8.53. The highest BCUT2D eigenvalue weighted by atomic mass is 16.6. The van der Waals surface area contributed by atoms with Gasteiger partial charge >= 0.3 is 12.1 Å². The molecule has 90 heavy (non-hydrogen) atoms. The molecule has 1 saturated carbocycles. The summed E-state index contributed by atoms with van der Waals surface area (Å²) in [5.74, 6) is -6.81. The number of cyclic esters (lactones) is 1. The Morgan fingerprint density at radius 2 is 1.32 bits per heavy atom. The van der Waals surface area contributed by atoms with Gasteiger partial charge in [-0.15, -0.1) is 0 Å². The maximum absolute atomic E-state index is 14.6. The second-order valence-electron chi connectivity index (χ2n) is 24.5. The Hall–Kier alpha value is -4.05. The van der Waals surface area contributed by atoms with Crippen molar-refractivity contribution in [1.82, 2.24) is 10.2 Å². The van der Waals surface area contributed by atoms with Gasteiger partial charge in [-0.25, -0.2) is 9.59 Å². The number of fused-ring (bicyclic) bond motifs is 3. The van der Waals surface area contributed by atoms with Gasteiger partial charge in [0.1, 0.15) is 30.5 Å². The van der Waals surface area contributed by atoms with Gasteiger partial charge in [0.05, 0.1) is 104 Å². The molecule has 0 aromatic heterocycles. The van der Waals surface area contributed by atoms with E-state index in [0.29, 0.717) is 169 Å². The predicted octanol–water partition coefficient (Wildman–Crippen LogP) is 6.56. The van der Waals surface area contributed by atoms with E-state index >= 15 is 0 Å². The van der Waals surface area contributed by atoms with Crippen molar-refractivity contribution in [2.24, 2.45) is 35.3 Å². The van der Waals surface area contributed by atoms with Crippen LogP contribution in [-0.2, 0) is 80.8 Å². The first-order valence-corrected chi connectivity index (χ1v) is 33.0. The standard InChI is InChI=1S/C67H113N3O20/c1-11-81-29-30-83-33-34-85-37-38-87-40-39-86-36-35-84-32-31-82-28-26-69-66(76)89-57-25-22-52(44-59(57)79-9)43-54(68)56-24-20-47(3)42-50(6)61(72)62(80-10)60(71)49(5)41-46(2)17-13-12-14-18-48(4)58(78-8)45-53-23-21-51(7)67(77,90-53)63(73)64(74)70-27-16-15-19-55(70)65(75)88-56/h12-14,17-18,42,46-47,49,51-59,61-62,72,77H,11,15-16,19-41,43-45,68H2,1-10H3,(H,69,76)/b14-12+,17-13+,48-18+,50-42+/t46-,47+,49-,51-,52+,53+,54-,55+,56+,57-,58+,59-,61-,62+,67-/m1/s1. The van der Waals surface area contributed by atoms with Gasteiger partial charge in [0.15, 0.2) is 5.78 Å². The molecular weight excluding hydrogens is 1170 g/mol. The Balaban J connectivity index is 1.36. The van der Waals surface area contributed by atoms with Gasteiger partial charge in [-0.1, -0.05) is 64.2 Å². The fourth-order valence-corrected chi connectivity index (χ4v) is 12.1. The quantitative estimate of drug-likeness (QED) is 0.0267. The van der Waals surface area contributed by atoms with Crippen LogP contribution in [0.5, 0.6) is 0 Å². The number of nitrogens with zero attached hydrogens (tertiary/aromatic N) is 1. The normalized spacial score (nSPS) is 32.4. The molecule has 23 nitrogen and oxygen atoms in total. The number of ether oxygens (including phenoxy) is 13. The molecule has 5 N–H and O–H groups in total. The van der Waals surface area contributed by atoms with Crippen LogP contribution in [0.3, 0.4) is 0 Å². The Bertz CT molecular complexity index is 2220. The Labute approximate surface area is 536 Å². The molecule has 0 aromatic carbocycles. The first-order chi connectivity index (χ1) is 43.3. The fraction of sp³-hybridized carbons (Fsp3) is 0.806. The number of amides is 2. The highest BCUT2D eigenvalue weighted by Gasteiger charge is 2.53. The van der Waals surface area contributed by atoms with Gasteiger partial charge in [0.2, 0.25) is 5.79 Å². The minimum Gasteiger partial charge on any atom is -0.459 e. The van der Waals surface area contributed by atoms with Gasteiger partial charge in [-0.3, -0.25) is 14.4 Å². The molecule has 0 spiro atoms. The zero-order chi connectivity index (χ0) is 65.8. The average Bonchev–Trinajstić information content (AvgIpc) is 0.801. The number of esters is 1. The van der Waals surface area contributed by atoms with E-state index in [1.165, 1.54) is 12.0 Å². The molecule has 15 atom stereocenters. The Morgan fingerprint density at radius 3 is 1.92 bits per heavy atom. The number of carbonyl (C=O) groups is 5. The van der Waals surface area contributed by atoms with Crippen molar-refractivity contribution in [3.8, 4) is 0 Å². The maximum Gasteiger partial charge on any atom is 0.407 e. The summed E-state index contributed by atoms with van der Waals surface area (Å²) < 4.78 is 74.2. The molecule has 0 unspecified atom stereocenters. The number of nitrogens with one attached hydrogen (secondary N) is 1. The topological polar surface area (TPSA) is 287 Å². The monoisotopic (exact) mass is 1280 g/mol. The summed E-state index contributed by atoms with van der Waals surface area (Å²) >= 11 is 0. The van der Waals surface area contributed by atoms with Gasteiger partial charge < -0.3 is 87.7 Å². The summed E-state index contributed by atoms with van der Waals surface area (Å²) in [6.07, 6.45) is 11.6. The van der Waals surface area contributed by atoms with Gasteiger partial charge in [0.25, 0.3) is 11.7 Å². The lowest BCUT2D eigenvalue weighted by Gasteiger charge is -2.42. The molecule has 2 amide bonds. The largest absolute Gasteiger partial charge is 0.459 e. The third-order valence-corrected chi connectivity index (χ3v) is 17.4. The summed E-state index contributed by atoms with van der Waals surface area (Å²) in [6, 6.07) is -1.83. The van der Waals surface area contributed by atoms with Crippen molar-refractivity contribution < 1.29 is 95.8 Å². The van der Waals surface area contributed by atoms with Gasteiger partial charge in [-0.2, -0.15) is 0 Å². The highest BCUT2D eigenvalue weighted by Crippen LogP contribution is 2.38. The number of hydrogen-bond acceptors (Lipinski definition) is 21. The van der Waals surface area contributed by atoms with Crippen molar-refractivity contribution in [2.45, 2.75) is 193 Å². The molecular formula is C67H113N3O20. The van der Waals surface area contributed by atoms with Crippen molar-refractivity contribution in [1.29, 1.82) is 0 Å². The molecule has 0 aromatic rings. The number of aliphatic hydroxyl groups excluding tert-OH is 1. The molecule has 3 fully saturated rings. The van der Waals surface area contributed by atoms with Crippen molar-refractivity contribution in [3.05, 3.63) is 47.6 Å². The first-order valence-electron chi connectivity index (χ1n) is 33.0. The van der Waals surface area contributed by atoms with Crippen molar-refractivity contribution in [3.63, 3.8) is 0 Å². The van der Waals surface area contributed by atoms with Crippen molar-refractivity contribution in [2.75, 3.05) is 127 Å². The summed E-state index contributed by atoms with van der Waals surface area (Å²) in [6.45, 7) is 19.9. The number of nitrogens with two attached hydrogens (primary N) is 1. The van der Waals surface area contributed by atoms with E-state index in [1.807, 2.05) is 71.1 Å². The number of allylic oxidation sites excluding steroid dienone is 6. The average molecular weight is 1280 g/mol. The number of ketones is 2. The molecule has 2 bridgehead atoms. The predicted molar refractivity (Wildman–Crippen MR) is 337 cm³/mol. The molecule has 1 aliphatic carbocycles. The zero-order valence-corrected chi connectivity index (χ0v) is 55.8. The second kappa shape index (κ2) is 43.8. The molecule has 4 aliphatic rings. The summed E-state index contributed by atoms with van der Waals surface area (Å²) in [5, 5.41) is 26.4. The van der Waals surface area contributed by atoms with Gasteiger partial charge in [0, 0.05) is 65.3 Å². The minimum absolute atomic E-state index is 0.0103. The first kappa shape index (κ1) is 78.4. The Morgan fingerprint density at radius 1 is 0.700 bits per heavy atom. The number of rotatable bonds is 29. The number of methoxy groups -OCH3 is 3. The van der Waals surface area contributed by atoms with E-state index in [1.54, 1.807) is 28.1 Å². The SMILES string of the molecule is CCOCCOCCOCCOCCOCCOCCOCCNC(=O)O[C@@H]1CC[C@@H](C[C@@H](N)[C@@H]2CC[C@H](C)/C=C(\C)[C@@H](O)[C@@H](OC)C(=O)[C@H](C)C[C@H](C)/C=C/C=C/C=C(\C)[C@@H](OC)C[C@@H]3CC[C@@H](C)[C@@](O)(O3)C(=O)C(=O)N3CCCC[C@H]3C(=O)O2)C[C@H]1OC. The third kappa shape index (κ3) is 27.5. The zero-order valence-electron chi connectivity index (χ0n) is 55.8. The molecule has 4 rings (SSSR count). The van der Waals surface area contributed by atoms with E-state index < -0.39 is 96.2 Å². The summed E-state index contributed by atoms with van der Waals surface area (Å²) in [4.78, 5) is 71.5. The van der Waals surface area contributed by atoms with Crippen molar-refractivity contribution >= 4 is 29.5 Å². The lowest BCUT2D eigenvalue weighted by Crippen LogP contribution is -2.61. The van der Waals surface area contributed by atoms with E-state index in [0.717, 1.165) is 5.57 Å². The fourth-order valence-electron chi connectivity index (χ4n) is 12.1. The van der Waals surface area contributed by atoms with Crippen LogP contribution in [0, 0.1) is 29.6 Å². The lowest BCUT2D eigenvalue weighted by atomic mass is 9.80. The van der Waals surface area contributed by atoms with Crippen LogP contribution in [-0.4, -0.2) is 232 Å². The number of alkyl carbamates (subject to hydrolysis) is 1. The number of hydrogen-bond donors (Lipinski definition) is 4. The molecule has 3 heterocycles.